The number of hydrogen-bond donors (Lipinski definition) is 2. The first-order valence-electron chi connectivity index (χ1n) is 6.96. The van der Waals surface area contributed by atoms with E-state index in [0.717, 1.165) is 25.7 Å². The summed E-state index contributed by atoms with van der Waals surface area (Å²) in [7, 11) is 0. The predicted octanol–water partition coefficient (Wildman–Crippen LogP) is 3.12. The van der Waals surface area contributed by atoms with Crippen molar-refractivity contribution in [3.8, 4) is 0 Å². The monoisotopic (exact) mass is 298 g/mol. The SMILES string of the molecule is CC1CCCCC1(CN)NC(=O)c1cc(Cl)ccc1F. The topological polar surface area (TPSA) is 55.1 Å². The van der Waals surface area contributed by atoms with Crippen molar-refractivity contribution in [1.82, 2.24) is 5.32 Å². The van der Waals surface area contributed by atoms with Crippen molar-refractivity contribution in [2.75, 3.05) is 6.54 Å². The molecule has 1 amide bonds. The third-order valence-electron chi connectivity index (χ3n) is 4.35. The van der Waals surface area contributed by atoms with Gasteiger partial charge < -0.3 is 11.1 Å². The summed E-state index contributed by atoms with van der Waals surface area (Å²) >= 11 is 5.83. The maximum atomic E-state index is 13.7. The van der Waals surface area contributed by atoms with Crippen molar-refractivity contribution >= 4 is 17.5 Å². The van der Waals surface area contributed by atoms with Gasteiger partial charge in [-0.05, 0) is 37.0 Å². The molecule has 2 rings (SSSR count). The van der Waals surface area contributed by atoms with Crippen LogP contribution in [0.4, 0.5) is 4.39 Å². The molecule has 0 spiro atoms. The number of halogens is 2. The zero-order valence-electron chi connectivity index (χ0n) is 11.6. The Kier molecular flexibility index (Phi) is 4.66. The Morgan fingerprint density at radius 1 is 1.55 bits per heavy atom. The Hall–Kier alpha value is -1.13. The highest BCUT2D eigenvalue weighted by atomic mass is 35.5. The van der Waals surface area contributed by atoms with Crippen LogP contribution in [-0.2, 0) is 0 Å². The van der Waals surface area contributed by atoms with Gasteiger partial charge in [0.05, 0.1) is 11.1 Å². The van der Waals surface area contributed by atoms with Crippen LogP contribution in [0.25, 0.3) is 0 Å². The smallest absolute Gasteiger partial charge is 0.254 e. The Balaban J connectivity index is 2.23. The minimum absolute atomic E-state index is 0.0249. The summed E-state index contributed by atoms with van der Waals surface area (Å²) < 4.78 is 13.7. The second-order valence-corrected chi connectivity index (χ2v) is 6.02. The van der Waals surface area contributed by atoms with Crippen molar-refractivity contribution in [2.24, 2.45) is 11.7 Å². The lowest BCUT2D eigenvalue weighted by molar-refractivity contribution is 0.0808. The molecule has 0 aliphatic heterocycles. The fourth-order valence-corrected chi connectivity index (χ4v) is 3.09. The van der Waals surface area contributed by atoms with E-state index in [9.17, 15) is 9.18 Å². The van der Waals surface area contributed by atoms with E-state index in [1.165, 1.54) is 18.2 Å². The number of carbonyl (C=O) groups excluding carboxylic acids is 1. The Labute approximate surface area is 123 Å². The number of benzene rings is 1. The molecule has 3 N–H and O–H groups in total. The molecule has 1 saturated carbocycles. The first-order valence-corrected chi connectivity index (χ1v) is 7.34. The van der Waals surface area contributed by atoms with Gasteiger partial charge in [-0.2, -0.15) is 0 Å². The molecular formula is C15H20ClFN2O. The Morgan fingerprint density at radius 2 is 2.30 bits per heavy atom. The van der Waals surface area contributed by atoms with Crippen LogP contribution in [0.15, 0.2) is 18.2 Å². The molecule has 1 aromatic rings. The van der Waals surface area contributed by atoms with E-state index in [4.69, 9.17) is 17.3 Å². The maximum absolute atomic E-state index is 13.7. The fourth-order valence-electron chi connectivity index (χ4n) is 2.92. The number of carbonyl (C=O) groups is 1. The standard InChI is InChI=1S/C15H20ClFN2O/c1-10-4-2-3-7-15(10,9-18)19-14(20)12-8-11(16)5-6-13(12)17/h5-6,8,10H,2-4,7,9,18H2,1H3,(H,19,20). The molecule has 1 aliphatic rings. The van der Waals surface area contributed by atoms with Gasteiger partial charge in [0.1, 0.15) is 5.82 Å². The third kappa shape index (κ3) is 2.96. The average Bonchev–Trinajstić information content (AvgIpc) is 2.44. The van der Waals surface area contributed by atoms with E-state index in [1.54, 1.807) is 0 Å². The van der Waals surface area contributed by atoms with Gasteiger partial charge >= 0.3 is 0 Å². The molecule has 110 valence electrons. The maximum Gasteiger partial charge on any atom is 0.254 e. The van der Waals surface area contributed by atoms with Crippen LogP contribution in [0.5, 0.6) is 0 Å². The van der Waals surface area contributed by atoms with Gasteiger partial charge in [-0.15, -0.1) is 0 Å². The molecule has 2 atom stereocenters. The Morgan fingerprint density at radius 3 is 2.95 bits per heavy atom. The van der Waals surface area contributed by atoms with Crippen molar-refractivity contribution < 1.29 is 9.18 Å². The van der Waals surface area contributed by atoms with Crippen molar-refractivity contribution in [3.63, 3.8) is 0 Å². The molecule has 0 bridgehead atoms. The van der Waals surface area contributed by atoms with Crippen LogP contribution < -0.4 is 11.1 Å². The molecule has 2 unspecified atom stereocenters. The molecule has 1 aliphatic carbocycles. The van der Waals surface area contributed by atoms with E-state index in [2.05, 4.69) is 12.2 Å². The predicted molar refractivity (Wildman–Crippen MR) is 78.3 cm³/mol. The summed E-state index contributed by atoms with van der Waals surface area (Å²) in [5.41, 5.74) is 5.42. The van der Waals surface area contributed by atoms with Gasteiger partial charge in [-0.1, -0.05) is 31.4 Å². The summed E-state index contributed by atoms with van der Waals surface area (Å²) in [6.45, 7) is 2.45. The number of hydrogen-bond acceptors (Lipinski definition) is 2. The third-order valence-corrected chi connectivity index (χ3v) is 4.59. The molecular weight excluding hydrogens is 279 g/mol. The summed E-state index contributed by atoms with van der Waals surface area (Å²) in [6.07, 6.45) is 4.03. The lowest BCUT2D eigenvalue weighted by Crippen LogP contribution is -2.59. The number of rotatable bonds is 3. The van der Waals surface area contributed by atoms with Crippen LogP contribution >= 0.6 is 11.6 Å². The number of nitrogens with two attached hydrogens (primary N) is 1. The second kappa shape index (κ2) is 6.10. The van der Waals surface area contributed by atoms with E-state index >= 15 is 0 Å². The molecule has 1 aromatic carbocycles. The molecule has 5 heteroatoms. The van der Waals surface area contributed by atoms with Gasteiger partial charge in [0.15, 0.2) is 0 Å². The highest BCUT2D eigenvalue weighted by molar-refractivity contribution is 6.31. The minimum atomic E-state index is -0.567. The quantitative estimate of drug-likeness (QED) is 0.901. The fraction of sp³-hybridized carbons (Fsp3) is 0.533. The minimum Gasteiger partial charge on any atom is -0.345 e. The van der Waals surface area contributed by atoms with E-state index in [-0.39, 0.29) is 11.5 Å². The largest absolute Gasteiger partial charge is 0.345 e. The van der Waals surface area contributed by atoms with Gasteiger partial charge in [-0.25, -0.2) is 4.39 Å². The molecule has 0 saturated heterocycles. The van der Waals surface area contributed by atoms with Crippen molar-refractivity contribution in [3.05, 3.63) is 34.6 Å². The molecule has 3 nitrogen and oxygen atoms in total. The molecule has 1 fully saturated rings. The normalized spacial score (nSPS) is 26.3. The zero-order chi connectivity index (χ0) is 14.8. The summed E-state index contributed by atoms with van der Waals surface area (Å²) in [6, 6.07) is 3.98. The van der Waals surface area contributed by atoms with Crippen LogP contribution in [0.2, 0.25) is 5.02 Å². The Bertz CT molecular complexity index is 509. The zero-order valence-corrected chi connectivity index (χ0v) is 12.3. The van der Waals surface area contributed by atoms with Crippen LogP contribution in [0.1, 0.15) is 43.0 Å². The van der Waals surface area contributed by atoms with Gasteiger partial charge in [0.25, 0.3) is 5.91 Å². The van der Waals surface area contributed by atoms with Crippen LogP contribution in [0.3, 0.4) is 0 Å². The first-order chi connectivity index (χ1) is 9.48. The van der Waals surface area contributed by atoms with E-state index in [0.29, 0.717) is 11.6 Å². The van der Waals surface area contributed by atoms with E-state index in [1.807, 2.05) is 0 Å². The number of nitrogens with one attached hydrogen (secondary N) is 1. The van der Waals surface area contributed by atoms with Crippen molar-refractivity contribution in [1.29, 1.82) is 0 Å². The first kappa shape index (κ1) is 15.3. The van der Waals surface area contributed by atoms with Gasteiger partial charge in [-0.3, -0.25) is 4.79 Å². The lowest BCUT2D eigenvalue weighted by Gasteiger charge is -2.42. The summed E-state index contributed by atoms with van der Waals surface area (Å²) in [5, 5.41) is 3.30. The molecule has 0 heterocycles. The van der Waals surface area contributed by atoms with Crippen LogP contribution in [0, 0.1) is 11.7 Å². The highest BCUT2D eigenvalue weighted by Gasteiger charge is 2.38. The second-order valence-electron chi connectivity index (χ2n) is 5.59. The average molecular weight is 299 g/mol. The highest BCUT2D eigenvalue weighted by Crippen LogP contribution is 2.33. The lowest BCUT2D eigenvalue weighted by atomic mass is 9.73. The molecule has 20 heavy (non-hydrogen) atoms. The summed E-state index contributed by atoms with van der Waals surface area (Å²) in [4.78, 5) is 12.3. The van der Waals surface area contributed by atoms with Gasteiger partial charge in [0.2, 0.25) is 0 Å². The van der Waals surface area contributed by atoms with Gasteiger partial charge in [0, 0.05) is 11.6 Å². The van der Waals surface area contributed by atoms with E-state index < -0.39 is 17.3 Å². The number of amides is 1. The molecule has 0 aromatic heterocycles. The molecule has 0 radical (unpaired) electrons. The van der Waals surface area contributed by atoms with Crippen molar-refractivity contribution in [2.45, 2.75) is 38.1 Å². The van der Waals surface area contributed by atoms with Crippen LogP contribution in [-0.4, -0.2) is 18.0 Å². The summed E-state index contributed by atoms with van der Waals surface area (Å²) in [5.74, 6) is -0.723.